The number of hydrogen-bond donors (Lipinski definition) is 1. The lowest BCUT2D eigenvalue weighted by atomic mass is 10.1. The molecule has 2 heterocycles. The number of aromatic nitrogens is 1. The summed E-state index contributed by atoms with van der Waals surface area (Å²) in [4.78, 5) is 40.4. The number of carboxylic acids is 1. The lowest BCUT2D eigenvalue weighted by Crippen LogP contribution is -2.48. The lowest BCUT2D eigenvalue weighted by Gasteiger charge is -2.36. The van der Waals surface area contributed by atoms with Crippen LogP contribution in [-0.4, -0.2) is 59.0 Å². The van der Waals surface area contributed by atoms with E-state index in [0.717, 1.165) is 10.5 Å². The summed E-state index contributed by atoms with van der Waals surface area (Å²) in [6, 6.07) is 10.00. The van der Waals surface area contributed by atoms with Crippen LogP contribution in [0.2, 0.25) is 0 Å². The Kier molecular flexibility index (Phi) is 6.62. The van der Waals surface area contributed by atoms with Gasteiger partial charge in [0.1, 0.15) is 11.4 Å². The van der Waals surface area contributed by atoms with Gasteiger partial charge in [-0.2, -0.15) is 0 Å². The average Bonchev–Trinajstić information content (AvgIpc) is 2.80. The van der Waals surface area contributed by atoms with Gasteiger partial charge in [-0.1, -0.05) is 28.1 Å². The molecule has 2 aromatic carbocycles. The second-order valence-electron chi connectivity index (χ2n) is 7.98. The number of Topliss-reactive ketones (excluding diaryl/α,β-unsaturated/α-hetero) is 1. The van der Waals surface area contributed by atoms with Crippen molar-refractivity contribution in [2.45, 2.75) is 13.5 Å². The number of pyridine rings is 1. The number of fused-ring (bicyclic) bond motifs is 1. The molecular formula is C24H23BrFN3O4. The van der Waals surface area contributed by atoms with Crippen molar-refractivity contribution in [3.63, 3.8) is 0 Å². The molecule has 1 aliphatic rings. The zero-order chi connectivity index (χ0) is 23.7. The number of carbonyl (C=O) groups excluding carboxylic acids is 1. The van der Waals surface area contributed by atoms with Crippen LogP contribution in [0.25, 0.3) is 10.9 Å². The molecule has 0 unspecified atom stereocenters. The molecule has 4 rings (SSSR count). The van der Waals surface area contributed by atoms with Crippen LogP contribution in [0.1, 0.15) is 27.6 Å². The molecule has 0 amide bonds. The molecule has 0 atom stereocenters. The summed E-state index contributed by atoms with van der Waals surface area (Å²) in [5.74, 6) is -1.86. The van der Waals surface area contributed by atoms with Gasteiger partial charge in [0, 0.05) is 54.3 Å². The van der Waals surface area contributed by atoms with Crippen LogP contribution in [0.15, 0.2) is 51.9 Å². The molecular weight excluding hydrogens is 493 g/mol. The normalized spacial score (nSPS) is 14.6. The van der Waals surface area contributed by atoms with Gasteiger partial charge < -0.3 is 14.6 Å². The molecule has 0 bridgehead atoms. The maximum absolute atomic E-state index is 15.0. The summed E-state index contributed by atoms with van der Waals surface area (Å²) >= 11 is 3.36. The second-order valence-corrected chi connectivity index (χ2v) is 8.89. The van der Waals surface area contributed by atoms with Gasteiger partial charge in [0.05, 0.1) is 17.7 Å². The minimum absolute atomic E-state index is 0.0361. The smallest absolute Gasteiger partial charge is 0.341 e. The minimum atomic E-state index is -1.33. The highest BCUT2D eigenvalue weighted by Crippen LogP contribution is 2.26. The van der Waals surface area contributed by atoms with Gasteiger partial charge in [-0.05, 0) is 31.2 Å². The van der Waals surface area contributed by atoms with Crippen LogP contribution in [0.3, 0.4) is 0 Å². The Balaban J connectivity index is 1.53. The molecule has 0 spiro atoms. The molecule has 3 aromatic rings. The lowest BCUT2D eigenvalue weighted by molar-refractivity contribution is 0.0694. The first-order valence-electron chi connectivity index (χ1n) is 10.6. The molecule has 1 aliphatic heterocycles. The third-order valence-electron chi connectivity index (χ3n) is 5.97. The number of carboxylic acid groups (broad SMARTS) is 1. The molecule has 172 valence electrons. The van der Waals surface area contributed by atoms with E-state index in [4.69, 9.17) is 0 Å². The Morgan fingerprint density at radius 1 is 1.09 bits per heavy atom. The minimum Gasteiger partial charge on any atom is -0.477 e. The van der Waals surface area contributed by atoms with Crippen LogP contribution >= 0.6 is 15.9 Å². The molecule has 0 aliphatic carbocycles. The van der Waals surface area contributed by atoms with Gasteiger partial charge in [-0.15, -0.1) is 0 Å². The van der Waals surface area contributed by atoms with E-state index < -0.39 is 17.2 Å². The van der Waals surface area contributed by atoms with Gasteiger partial charge in [0.2, 0.25) is 5.43 Å². The van der Waals surface area contributed by atoms with Crippen molar-refractivity contribution < 1.29 is 19.1 Å². The fraction of sp³-hybridized carbons (Fsp3) is 0.292. The summed E-state index contributed by atoms with van der Waals surface area (Å²) in [7, 11) is 0. The van der Waals surface area contributed by atoms with E-state index in [1.807, 2.05) is 28.9 Å². The molecule has 1 fully saturated rings. The summed E-state index contributed by atoms with van der Waals surface area (Å²) < 4.78 is 17.6. The molecule has 9 heteroatoms. The zero-order valence-corrected chi connectivity index (χ0v) is 19.6. The first-order chi connectivity index (χ1) is 15.8. The number of rotatable bonds is 6. The number of hydrogen-bond acceptors (Lipinski definition) is 5. The summed E-state index contributed by atoms with van der Waals surface area (Å²) in [5, 5.41) is 9.35. The first kappa shape index (κ1) is 23.1. The molecule has 33 heavy (non-hydrogen) atoms. The molecule has 0 saturated carbocycles. The number of benzene rings is 2. The van der Waals surface area contributed by atoms with Gasteiger partial charge in [-0.25, -0.2) is 9.18 Å². The summed E-state index contributed by atoms with van der Waals surface area (Å²) in [5.41, 5.74) is 0.451. The predicted molar refractivity (Wildman–Crippen MR) is 128 cm³/mol. The van der Waals surface area contributed by atoms with Crippen LogP contribution in [-0.2, 0) is 6.54 Å². The van der Waals surface area contributed by atoms with Crippen molar-refractivity contribution in [2.24, 2.45) is 0 Å². The monoisotopic (exact) mass is 515 g/mol. The fourth-order valence-electron chi connectivity index (χ4n) is 4.13. The first-order valence-corrected chi connectivity index (χ1v) is 11.4. The van der Waals surface area contributed by atoms with Gasteiger partial charge in [-0.3, -0.25) is 14.5 Å². The van der Waals surface area contributed by atoms with Crippen molar-refractivity contribution in [1.29, 1.82) is 0 Å². The number of piperazine rings is 1. The second kappa shape index (κ2) is 9.44. The van der Waals surface area contributed by atoms with Crippen molar-refractivity contribution >= 4 is 44.3 Å². The maximum Gasteiger partial charge on any atom is 0.341 e. The van der Waals surface area contributed by atoms with Crippen molar-refractivity contribution in [3.8, 4) is 0 Å². The van der Waals surface area contributed by atoms with Crippen LogP contribution in [0.4, 0.5) is 10.1 Å². The number of carbonyl (C=O) groups is 2. The fourth-order valence-corrected chi connectivity index (χ4v) is 4.40. The Hall–Kier alpha value is -3.04. The Bertz CT molecular complexity index is 1280. The molecule has 1 aromatic heterocycles. The molecule has 1 saturated heterocycles. The number of nitrogens with zero attached hydrogens (tertiary/aromatic N) is 3. The predicted octanol–water partition coefficient (Wildman–Crippen LogP) is 3.63. The van der Waals surface area contributed by atoms with E-state index in [0.29, 0.717) is 56.0 Å². The highest BCUT2D eigenvalue weighted by Gasteiger charge is 2.23. The van der Waals surface area contributed by atoms with Crippen molar-refractivity contribution in [2.75, 3.05) is 37.6 Å². The number of aromatic carboxylic acids is 1. The van der Waals surface area contributed by atoms with Crippen LogP contribution in [0, 0.1) is 5.82 Å². The van der Waals surface area contributed by atoms with E-state index >= 15 is 4.39 Å². The Morgan fingerprint density at radius 2 is 1.76 bits per heavy atom. The van der Waals surface area contributed by atoms with Gasteiger partial charge in [0.15, 0.2) is 5.78 Å². The molecule has 1 N–H and O–H groups in total. The quantitative estimate of drug-likeness (QED) is 0.504. The highest BCUT2D eigenvalue weighted by molar-refractivity contribution is 9.10. The largest absolute Gasteiger partial charge is 0.477 e. The van der Waals surface area contributed by atoms with Crippen LogP contribution in [0.5, 0.6) is 0 Å². The van der Waals surface area contributed by atoms with Crippen molar-refractivity contribution in [1.82, 2.24) is 9.47 Å². The van der Waals surface area contributed by atoms with E-state index in [1.165, 1.54) is 6.20 Å². The summed E-state index contributed by atoms with van der Waals surface area (Å²) in [6.45, 7) is 4.81. The van der Waals surface area contributed by atoms with Gasteiger partial charge >= 0.3 is 5.97 Å². The van der Waals surface area contributed by atoms with E-state index in [1.54, 1.807) is 22.8 Å². The number of anilines is 1. The van der Waals surface area contributed by atoms with Gasteiger partial charge in [0.25, 0.3) is 0 Å². The van der Waals surface area contributed by atoms with Crippen LogP contribution < -0.4 is 10.3 Å². The highest BCUT2D eigenvalue weighted by atomic mass is 79.9. The number of aryl methyl sites for hydroxylation is 1. The van der Waals surface area contributed by atoms with E-state index in [9.17, 15) is 19.5 Å². The average molecular weight is 516 g/mol. The Labute approximate surface area is 198 Å². The Morgan fingerprint density at radius 3 is 2.36 bits per heavy atom. The third-order valence-corrected chi connectivity index (χ3v) is 6.49. The number of ketones is 1. The maximum atomic E-state index is 15.0. The number of halogens is 2. The standard InChI is InChI=1S/C24H23BrFN3O4/c1-2-28-13-18(24(32)33)23(31)17-11-19(26)21(12-20(17)28)29-9-7-27(8-10-29)14-22(30)15-3-5-16(25)6-4-15/h3-6,11-13H,2,7-10,14H2,1H3,(H,32,33). The van der Waals surface area contributed by atoms with E-state index in [2.05, 4.69) is 15.9 Å². The SMILES string of the molecule is CCn1cc(C(=O)O)c(=O)c2cc(F)c(N3CCN(CC(=O)c4ccc(Br)cc4)CC3)cc21. The van der Waals surface area contributed by atoms with Crippen molar-refractivity contribution in [3.05, 3.63) is 74.2 Å². The zero-order valence-electron chi connectivity index (χ0n) is 18.1. The molecule has 7 nitrogen and oxygen atoms in total. The van der Waals surface area contributed by atoms with E-state index in [-0.39, 0.29) is 16.7 Å². The summed E-state index contributed by atoms with van der Waals surface area (Å²) in [6.07, 6.45) is 1.31. The third kappa shape index (κ3) is 4.69. The topological polar surface area (TPSA) is 82.8 Å². The molecule has 0 radical (unpaired) electrons.